The van der Waals surface area contributed by atoms with Gasteiger partial charge >= 0.3 is 6.03 Å². The highest BCUT2D eigenvalue weighted by Crippen LogP contribution is 2.35. The van der Waals surface area contributed by atoms with E-state index in [1.165, 1.54) is 17.0 Å². The van der Waals surface area contributed by atoms with Crippen LogP contribution in [0.5, 0.6) is 0 Å². The molecule has 3 aliphatic rings. The molecule has 1 saturated carbocycles. The Balaban J connectivity index is 1.23. The average Bonchev–Trinajstić information content (AvgIpc) is 3.28. The summed E-state index contributed by atoms with van der Waals surface area (Å²) in [5.41, 5.74) is -0.0547. The highest BCUT2D eigenvalue weighted by molar-refractivity contribution is 6.07. The molecule has 29 heavy (non-hydrogen) atoms. The Hall–Kier alpha value is -2.48. The Bertz CT molecular complexity index is 784. The van der Waals surface area contributed by atoms with Gasteiger partial charge in [-0.3, -0.25) is 14.5 Å². The van der Waals surface area contributed by atoms with Gasteiger partial charge in [-0.1, -0.05) is 12.8 Å². The summed E-state index contributed by atoms with van der Waals surface area (Å²) in [7, 11) is 0. The summed E-state index contributed by atoms with van der Waals surface area (Å²) in [5, 5.41) is 5.75. The number of nitrogens with one attached hydrogen (secondary N) is 2. The van der Waals surface area contributed by atoms with Crippen LogP contribution in [0.1, 0.15) is 38.5 Å². The number of urea groups is 1. The smallest absolute Gasteiger partial charge is 0.325 e. The molecule has 0 atom stereocenters. The maximum absolute atomic E-state index is 13.0. The Kier molecular flexibility index (Phi) is 5.54. The molecule has 1 aromatic carbocycles. The number of hydrogen-bond acceptors (Lipinski definition) is 4. The van der Waals surface area contributed by atoms with Crippen molar-refractivity contribution < 1.29 is 18.8 Å². The first-order valence-corrected chi connectivity index (χ1v) is 10.4. The van der Waals surface area contributed by atoms with Gasteiger partial charge in [0.1, 0.15) is 11.4 Å². The monoisotopic (exact) mass is 402 g/mol. The van der Waals surface area contributed by atoms with Crippen molar-refractivity contribution in [2.45, 2.75) is 44.1 Å². The van der Waals surface area contributed by atoms with E-state index >= 15 is 0 Å². The van der Waals surface area contributed by atoms with Crippen molar-refractivity contribution in [3.05, 3.63) is 30.1 Å². The molecule has 2 saturated heterocycles. The van der Waals surface area contributed by atoms with E-state index < -0.39 is 5.54 Å². The number of carbonyl (C=O) groups excluding carboxylic acids is 3. The first kappa shape index (κ1) is 19.8. The van der Waals surface area contributed by atoms with Crippen molar-refractivity contribution in [3.63, 3.8) is 0 Å². The zero-order chi connectivity index (χ0) is 20.4. The van der Waals surface area contributed by atoms with Gasteiger partial charge in [-0.15, -0.1) is 0 Å². The predicted molar refractivity (Wildman–Crippen MR) is 106 cm³/mol. The lowest BCUT2D eigenvalue weighted by Gasteiger charge is -2.32. The lowest BCUT2D eigenvalue weighted by atomic mass is 9.95. The van der Waals surface area contributed by atoms with Crippen molar-refractivity contribution in [1.82, 2.24) is 15.1 Å². The van der Waals surface area contributed by atoms with Crippen molar-refractivity contribution in [3.8, 4) is 0 Å². The minimum absolute atomic E-state index is 0.0477. The molecule has 0 bridgehead atoms. The highest BCUT2D eigenvalue weighted by Gasteiger charge is 2.52. The maximum atomic E-state index is 13.0. The van der Waals surface area contributed by atoms with Gasteiger partial charge < -0.3 is 15.5 Å². The normalized spacial score (nSPS) is 22.3. The van der Waals surface area contributed by atoms with Crippen molar-refractivity contribution >= 4 is 23.5 Å². The Morgan fingerprint density at radius 2 is 1.76 bits per heavy atom. The van der Waals surface area contributed by atoms with E-state index in [-0.39, 0.29) is 29.6 Å². The molecule has 7 nitrogen and oxygen atoms in total. The van der Waals surface area contributed by atoms with Crippen LogP contribution in [-0.2, 0) is 9.59 Å². The zero-order valence-corrected chi connectivity index (χ0v) is 16.5. The molecule has 2 aliphatic heterocycles. The molecule has 4 rings (SSSR count). The molecule has 1 spiro atoms. The maximum Gasteiger partial charge on any atom is 0.325 e. The number of likely N-dealkylation sites (tertiary alicyclic amines) is 1. The van der Waals surface area contributed by atoms with Gasteiger partial charge in [0, 0.05) is 24.7 Å². The molecule has 156 valence electrons. The third-order valence-electron chi connectivity index (χ3n) is 6.41. The van der Waals surface area contributed by atoms with Crippen LogP contribution in [0.25, 0.3) is 0 Å². The fourth-order valence-corrected chi connectivity index (χ4v) is 4.63. The summed E-state index contributed by atoms with van der Waals surface area (Å²) >= 11 is 0. The summed E-state index contributed by atoms with van der Waals surface area (Å²) < 4.78 is 13.0. The molecule has 4 amide bonds. The Morgan fingerprint density at radius 3 is 2.41 bits per heavy atom. The van der Waals surface area contributed by atoms with Crippen LogP contribution in [0.4, 0.5) is 14.9 Å². The van der Waals surface area contributed by atoms with E-state index in [0.717, 1.165) is 51.6 Å². The number of nitrogens with zero attached hydrogens (tertiary/aromatic N) is 2. The van der Waals surface area contributed by atoms with Crippen LogP contribution < -0.4 is 10.6 Å². The zero-order valence-electron chi connectivity index (χ0n) is 16.5. The van der Waals surface area contributed by atoms with Gasteiger partial charge in [-0.05, 0) is 63.0 Å². The lowest BCUT2D eigenvalue weighted by molar-refractivity contribution is -0.131. The quantitative estimate of drug-likeness (QED) is 0.741. The van der Waals surface area contributed by atoms with Crippen LogP contribution in [0.15, 0.2) is 24.3 Å². The molecule has 1 aliphatic carbocycles. The van der Waals surface area contributed by atoms with Crippen LogP contribution in [-0.4, -0.2) is 59.4 Å². The summed E-state index contributed by atoms with van der Waals surface area (Å²) in [5.74, 6) is -0.544. The molecule has 0 aromatic heterocycles. The standard InChI is InChI=1S/C21H27FN4O3/c22-16-3-5-17(6-4-16)23-18(27)15-7-11-25(12-8-15)13-14-26-19(28)21(24-20(26)29)9-1-2-10-21/h3-6,15H,1-2,7-14H2,(H,23,27)(H,24,29). The fraction of sp³-hybridized carbons (Fsp3) is 0.571. The predicted octanol–water partition coefficient (Wildman–Crippen LogP) is 2.34. The molecule has 2 heterocycles. The number of hydrogen-bond donors (Lipinski definition) is 2. The SMILES string of the molecule is O=C(Nc1ccc(F)cc1)C1CCN(CCN2C(=O)NC3(CCCC3)C2=O)CC1. The van der Waals surface area contributed by atoms with E-state index in [4.69, 9.17) is 0 Å². The second-order valence-corrected chi connectivity index (χ2v) is 8.29. The molecule has 1 aromatic rings. The third-order valence-corrected chi connectivity index (χ3v) is 6.41. The van der Waals surface area contributed by atoms with Crippen molar-refractivity contribution in [2.75, 3.05) is 31.5 Å². The largest absolute Gasteiger partial charge is 0.326 e. The number of imide groups is 1. The fourth-order valence-electron chi connectivity index (χ4n) is 4.63. The number of benzene rings is 1. The molecular formula is C21H27FN4O3. The molecule has 0 unspecified atom stereocenters. The first-order valence-electron chi connectivity index (χ1n) is 10.4. The number of anilines is 1. The minimum Gasteiger partial charge on any atom is -0.326 e. The summed E-state index contributed by atoms with van der Waals surface area (Å²) in [6.45, 7) is 2.51. The van der Waals surface area contributed by atoms with Crippen LogP contribution in [0, 0.1) is 11.7 Å². The topological polar surface area (TPSA) is 81.8 Å². The van der Waals surface area contributed by atoms with Crippen molar-refractivity contribution in [1.29, 1.82) is 0 Å². The van der Waals surface area contributed by atoms with E-state index in [0.29, 0.717) is 18.8 Å². The lowest BCUT2D eigenvalue weighted by Crippen LogP contribution is -2.45. The summed E-state index contributed by atoms with van der Waals surface area (Å²) in [6.07, 6.45) is 4.88. The molecule has 0 radical (unpaired) electrons. The summed E-state index contributed by atoms with van der Waals surface area (Å²) in [4.78, 5) is 40.9. The Morgan fingerprint density at radius 1 is 1.10 bits per heavy atom. The van der Waals surface area contributed by atoms with Crippen LogP contribution in [0.3, 0.4) is 0 Å². The van der Waals surface area contributed by atoms with E-state index in [2.05, 4.69) is 15.5 Å². The number of piperidine rings is 1. The van der Waals surface area contributed by atoms with Crippen LogP contribution in [0.2, 0.25) is 0 Å². The van der Waals surface area contributed by atoms with E-state index in [1.54, 1.807) is 12.1 Å². The second-order valence-electron chi connectivity index (χ2n) is 8.29. The third kappa shape index (κ3) is 4.12. The van der Waals surface area contributed by atoms with Gasteiger partial charge in [0.05, 0.1) is 0 Å². The van der Waals surface area contributed by atoms with Gasteiger partial charge in [0.15, 0.2) is 0 Å². The van der Waals surface area contributed by atoms with E-state index in [9.17, 15) is 18.8 Å². The Labute approximate surface area is 169 Å². The number of halogens is 1. The second kappa shape index (κ2) is 8.10. The summed E-state index contributed by atoms with van der Waals surface area (Å²) in [6, 6.07) is 5.48. The minimum atomic E-state index is -0.650. The molecule has 2 N–H and O–H groups in total. The van der Waals surface area contributed by atoms with Crippen LogP contribution >= 0.6 is 0 Å². The van der Waals surface area contributed by atoms with E-state index in [1.807, 2.05) is 0 Å². The molecular weight excluding hydrogens is 375 g/mol. The molecule has 3 fully saturated rings. The van der Waals surface area contributed by atoms with Gasteiger partial charge in [0.25, 0.3) is 5.91 Å². The number of rotatable bonds is 5. The first-order chi connectivity index (χ1) is 14.0. The number of carbonyl (C=O) groups is 3. The van der Waals surface area contributed by atoms with Gasteiger partial charge in [0.2, 0.25) is 5.91 Å². The number of amides is 4. The molecule has 8 heteroatoms. The van der Waals surface area contributed by atoms with Gasteiger partial charge in [-0.2, -0.15) is 0 Å². The highest BCUT2D eigenvalue weighted by atomic mass is 19.1. The average molecular weight is 402 g/mol. The van der Waals surface area contributed by atoms with Gasteiger partial charge in [-0.25, -0.2) is 9.18 Å². The van der Waals surface area contributed by atoms with Crippen molar-refractivity contribution in [2.24, 2.45) is 5.92 Å².